The minimum Gasteiger partial charge on any atom is -0.493 e. The highest BCUT2D eigenvalue weighted by Crippen LogP contribution is 2.35. The number of benzene rings is 1. The summed E-state index contributed by atoms with van der Waals surface area (Å²) in [6, 6.07) is 6.02. The molecule has 1 aliphatic rings. The first kappa shape index (κ1) is 8.35. The third-order valence-electron chi connectivity index (χ3n) is 2.70. The summed E-state index contributed by atoms with van der Waals surface area (Å²) in [6.07, 6.45) is 2.69. The Morgan fingerprint density at radius 2 is 2.27 bits per heavy atom. The number of nitrogen functional groups attached to an aromatic ring is 1. The maximum atomic E-state index is 5.81. The van der Waals surface area contributed by atoms with Gasteiger partial charge in [0.2, 0.25) is 0 Å². The second-order valence-electron chi connectivity index (χ2n) is 3.58. The van der Waals surface area contributed by atoms with Crippen LogP contribution in [0.15, 0.2) is 24.4 Å². The third-order valence-corrected chi connectivity index (χ3v) is 2.70. The number of nitrogens with one attached hydrogen (secondary N) is 1. The lowest BCUT2D eigenvalue weighted by atomic mass is 10.00. The van der Waals surface area contributed by atoms with Gasteiger partial charge in [-0.15, -0.1) is 0 Å². The van der Waals surface area contributed by atoms with Crippen molar-refractivity contribution in [3.8, 4) is 16.9 Å². The van der Waals surface area contributed by atoms with Gasteiger partial charge in [-0.2, -0.15) is 5.10 Å². The molecule has 76 valence electrons. The SMILES string of the molecule is Nc1[nH]ncc1-c1cccc2c1CCO2. The number of aromatic amines is 1. The highest BCUT2D eigenvalue weighted by Gasteiger charge is 2.18. The molecule has 0 bridgehead atoms. The Labute approximate surface area is 87.1 Å². The Hall–Kier alpha value is -1.97. The molecule has 0 fully saturated rings. The molecule has 0 aliphatic carbocycles. The van der Waals surface area contributed by atoms with E-state index in [9.17, 15) is 0 Å². The average molecular weight is 201 g/mol. The molecule has 0 spiro atoms. The van der Waals surface area contributed by atoms with Crippen LogP contribution in [-0.4, -0.2) is 16.8 Å². The van der Waals surface area contributed by atoms with Crippen molar-refractivity contribution in [2.45, 2.75) is 6.42 Å². The molecule has 15 heavy (non-hydrogen) atoms. The first-order valence-corrected chi connectivity index (χ1v) is 4.90. The third kappa shape index (κ3) is 1.18. The van der Waals surface area contributed by atoms with Crippen LogP contribution in [0, 0.1) is 0 Å². The Kier molecular flexibility index (Phi) is 1.68. The summed E-state index contributed by atoms with van der Waals surface area (Å²) in [6.45, 7) is 0.754. The van der Waals surface area contributed by atoms with E-state index in [0.717, 1.165) is 29.9 Å². The van der Waals surface area contributed by atoms with Gasteiger partial charge in [0.25, 0.3) is 0 Å². The summed E-state index contributed by atoms with van der Waals surface area (Å²) in [4.78, 5) is 0. The number of anilines is 1. The first-order chi connectivity index (χ1) is 7.36. The van der Waals surface area contributed by atoms with Gasteiger partial charge in [0, 0.05) is 17.5 Å². The zero-order valence-electron chi connectivity index (χ0n) is 8.16. The predicted octanol–water partition coefficient (Wildman–Crippen LogP) is 1.59. The summed E-state index contributed by atoms with van der Waals surface area (Å²) < 4.78 is 5.51. The van der Waals surface area contributed by atoms with E-state index < -0.39 is 0 Å². The maximum absolute atomic E-state index is 5.81. The van der Waals surface area contributed by atoms with E-state index in [1.807, 2.05) is 12.1 Å². The molecule has 0 atom stereocenters. The first-order valence-electron chi connectivity index (χ1n) is 4.90. The maximum Gasteiger partial charge on any atom is 0.126 e. The van der Waals surface area contributed by atoms with Crippen LogP contribution in [-0.2, 0) is 6.42 Å². The molecule has 0 unspecified atom stereocenters. The number of fused-ring (bicyclic) bond motifs is 1. The molecule has 3 rings (SSSR count). The Bertz CT molecular complexity index is 504. The van der Waals surface area contributed by atoms with Crippen LogP contribution in [0.3, 0.4) is 0 Å². The minimum absolute atomic E-state index is 0.607. The van der Waals surface area contributed by atoms with Crippen LogP contribution >= 0.6 is 0 Å². The van der Waals surface area contributed by atoms with Gasteiger partial charge in [-0.05, 0) is 11.6 Å². The van der Waals surface area contributed by atoms with Gasteiger partial charge in [-0.3, -0.25) is 5.10 Å². The number of aromatic nitrogens is 2. The van der Waals surface area contributed by atoms with Crippen LogP contribution < -0.4 is 10.5 Å². The molecule has 4 nitrogen and oxygen atoms in total. The number of nitrogens with zero attached hydrogens (tertiary/aromatic N) is 1. The highest BCUT2D eigenvalue weighted by molar-refractivity contribution is 5.77. The molecule has 0 saturated carbocycles. The lowest BCUT2D eigenvalue weighted by Crippen LogP contribution is -1.90. The van der Waals surface area contributed by atoms with E-state index in [2.05, 4.69) is 16.3 Å². The van der Waals surface area contributed by atoms with E-state index in [4.69, 9.17) is 10.5 Å². The van der Waals surface area contributed by atoms with Crippen LogP contribution in [0.25, 0.3) is 11.1 Å². The Morgan fingerprint density at radius 1 is 1.33 bits per heavy atom. The van der Waals surface area contributed by atoms with E-state index in [1.54, 1.807) is 6.20 Å². The van der Waals surface area contributed by atoms with Gasteiger partial charge in [-0.25, -0.2) is 0 Å². The zero-order chi connectivity index (χ0) is 10.3. The molecule has 4 heteroatoms. The average Bonchev–Trinajstić information content (AvgIpc) is 2.85. The number of ether oxygens (including phenoxy) is 1. The predicted molar refractivity (Wildman–Crippen MR) is 57.6 cm³/mol. The van der Waals surface area contributed by atoms with E-state index >= 15 is 0 Å². The molecule has 1 aromatic heterocycles. The van der Waals surface area contributed by atoms with Crippen LogP contribution in [0.1, 0.15) is 5.56 Å². The second-order valence-corrected chi connectivity index (χ2v) is 3.58. The van der Waals surface area contributed by atoms with Crippen LogP contribution in [0.5, 0.6) is 5.75 Å². The van der Waals surface area contributed by atoms with Crippen molar-refractivity contribution in [1.82, 2.24) is 10.2 Å². The van der Waals surface area contributed by atoms with Gasteiger partial charge < -0.3 is 10.5 Å². The lowest BCUT2D eigenvalue weighted by Gasteiger charge is -2.05. The number of hydrogen-bond acceptors (Lipinski definition) is 3. The van der Waals surface area contributed by atoms with Gasteiger partial charge in [0.15, 0.2) is 0 Å². The molecule has 1 aromatic carbocycles. The summed E-state index contributed by atoms with van der Waals surface area (Å²) >= 11 is 0. The van der Waals surface area contributed by atoms with Crippen molar-refractivity contribution in [2.75, 3.05) is 12.3 Å². The van der Waals surface area contributed by atoms with Gasteiger partial charge in [0.05, 0.1) is 12.8 Å². The Morgan fingerprint density at radius 3 is 3.07 bits per heavy atom. The van der Waals surface area contributed by atoms with Crippen molar-refractivity contribution < 1.29 is 4.74 Å². The van der Waals surface area contributed by atoms with Crippen LogP contribution in [0.4, 0.5) is 5.82 Å². The molecule has 2 aromatic rings. The van der Waals surface area contributed by atoms with Crippen molar-refractivity contribution in [1.29, 1.82) is 0 Å². The number of hydrogen-bond donors (Lipinski definition) is 2. The number of nitrogens with two attached hydrogens (primary N) is 1. The number of H-pyrrole nitrogens is 1. The van der Waals surface area contributed by atoms with Crippen molar-refractivity contribution in [2.24, 2.45) is 0 Å². The van der Waals surface area contributed by atoms with Crippen molar-refractivity contribution in [3.63, 3.8) is 0 Å². The minimum atomic E-state index is 0.607. The van der Waals surface area contributed by atoms with Gasteiger partial charge in [0.1, 0.15) is 11.6 Å². The fraction of sp³-hybridized carbons (Fsp3) is 0.182. The standard InChI is InChI=1S/C11H11N3O/c12-11-9(6-13-14-11)7-2-1-3-10-8(7)4-5-15-10/h1-3,6H,4-5H2,(H3,12,13,14). The lowest BCUT2D eigenvalue weighted by molar-refractivity contribution is 0.357. The normalized spacial score (nSPS) is 13.6. The van der Waals surface area contributed by atoms with Crippen LogP contribution in [0.2, 0.25) is 0 Å². The monoisotopic (exact) mass is 201 g/mol. The van der Waals surface area contributed by atoms with Crippen molar-refractivity contribution >= 4 is 5.82 Å². The van der Waals surface area contributed by atoms with Gasteiger partial charge >= 0.3 is 0 Å². The largest absolute Gasteiger partial charge is 0.493 e. The molecule has 0 radical (unpaired) electrons. The molecular formula is C11H11N3O. The van der Waals surface area contributed by atoms with E-state index in [0.29, 0.717) is 5.82 Å². The van der Waals surface area contributed by atoms with E-state index in [-0.39, 0.29) is 0 Å². The topological polar surface area (TPSA) is 63.9 Å². The van der Waals surface area contributed by atoms with E-state index in [1.165, 1.54) is 5.56 Å². The fourth-order valence-corrected chi connectivity index (χ4v) is 1.98. The van der Waals surface area contributed by atoms with Crippen molar-refractivity contribution in [3.05, 3.63) is 30.0 Å². The molecule has 1 aliphatic heterocycles. The Balaban J connectivity index is 2.21. The summed E-state index contributed by atoms with van der Waals surface area (Å²) in [5.41, 5.74) is 9.11. The molecular weight excluding hydrogens is 190 g/mol. The summed E-state index contributed by atoms with van der Waals surface area (Å²) in [7, 11) is 0. The summed E-state index contributed by atoms with van der Waals surface area (Å²) in [5.74, 6) is 1.57. The quantitative estimate of drug-likeness (QED) is 0.736. The number of rotatable bonds is 1. The smallest absolute Gasteiger partial charge is 0.126 e. The molecule has 0 amide bonds. The molecule has 3 N–H and O–H groups in total. The highest BCUT2D eigenvalue weighted by atomic mass is 16.5. The fourth-order valence-electron chi connectivity index (χ4n) is 1.98. The second kappa shape index (κ2) is 3.02. The summed E-state index contributed by atoms with van der Waals surface area (Å²) in [5, 5.41) is 6.68. The molecule has 0 saturated heterocycles. The molecule has 2 heterocycles. The van der Waals surface area contributed by atoms with Gasteiger partial charge in [-0.1, -0.05) is 12.1 Å². The zero-order valence-corrected chi connectivity index (χ0v) is 8.16.